The summed E-state index contributed by atoms with van der Waals surface area (Å²) in [6.07, 6.45) is 0.350. The predicted octanol–water partition coefficient (Wildman–Crippen LogP) is 2.22. The molecule has 2 heteroatoms. The Morgan fingerprint density at radius 2 is 2.14 bits per heavy atom. The van der Waals surface area contributed by atoms with Gasteiger partial charge in [-0.2, -0.15) is 0 Å². The molecule has 0 bridgehead atoms. The maximum atomic E-state index is 5.53. The van der Waals surface area contributed by atoms with E-state index < -0.39 is 0 Å². The summed E-state index contributed by atoms with van der Waals surface area (Å²) in [7, 11) is 0. The Morgan fingerprint density at radius 3 is 2.86 bits per heavy atom. The van der Waals surface area contributed by atoms with Crippen LogP contribution < -0.4 is 4.90 Å². The van der Waals surface area contributed by atoms with Crippen LogP contribution in [-0.4, -0.2) is 25.8 Å². The second-order valence-electron chi connectivity index (χ2n) is 3.91. The molecule has 1 aliphatic rings. The summed E-state index contributed by atoms with van der Waals surface area (Å²) in [6.45, 7) is 7.15. The first-order valence-electron chi connectivity index (χ1n) is 5.19. The molecule has 0 radical (unpaired) electrons. The molecular formula is C12H17NO. The van der Waals surface area contributed by atoms with Gasteiger partial charge in [0.15, 0.2) is 0 Å². The lowest BCUT2D eigenvalue weighted by molar-refractivity contribution is 0.0532. The summed E-state index contributed by atoms with van der Waals surface area (Å²) in [5, 5.41) is 0. The Hall–Kier alpha value is -1.02. The lowest BCUT2D eigenvalue weighted by Crippen LogP contribution is -2.41. The van der Waals surface area contributed by atoms with Gasteiger partial charge in [-0.1, -0.05) is 18.2 Å². The van der Waals surface area contributed by atoms with Gasteiger partial charge in [-0.25, -0.2) is 0 Å². The molecule has 0 amide bonds. The smallest absolute Gasteiger partial charge is 0.0722 e. The molecule has 0 saturated carbocycles. The summed E-state index contributed by atoms with van der Waals surface area (Å²) < 4.78 is 5.53. The normalized spacial score (nSPS) is 22.4. The van der Waals surface area contributed by atoms with Gasteiger partial charge < -0.3 is 9.64 Å². The van der Waals surface area contributed by atoms with Crippen molar-refractivity contribution >= 4 is 5.69 Å². The third-order valence-corrected chi connectivity index (χ3v) is 2.70. The van der Waals surface area contributed by atoms with Crippen molar-refractivity contribution in [3.63, 3.8) is 0 Å². The Bertz CT molecular complexity index is 311. The molecule has 0 aromatic heterocycles. The number of hydrogen-bond donors (Lipinski definition) is 0. The molecule has 76 valence electrons. The van der Waals surface area contributed by atoms with Crippen LogP contribution in [-0.2, 0) is 4.74 Å². The van der Waals surface area contributed by atoms with E-state index in [4.69, 9.17) is 4.74 Å². The van der Waals surface area contributed by atoms with Gasteiger partial charge in [0.1, 0.15) is 0 Å². The largest absolute Gasteiger partial charge is 0.375 e. The quantitative estimate of drug-likeness (QED) is 0.675. The van der Waals surface area contributed by atoms with E-state index in [2.05, 4.69) is 43.0 Å². The van der Waals surface area contributed by atoms with Crippen molar-refractivity contribution in [2.45, 2.75) is 20.0 Å². The average Bonchev–Trinajstić information content (AvgIpc) is 2.18. The summed E-state index contributed by atoms with van der Waals surface area (Å²) >= 11 is 0. The first kappa shape index (κ1) is 9.53. The highest BCUT2D eigenvalue weighted by Gasteiger charge is 2.17. The maximum absolute atomic E-state index is 5.53. The standard InChI is InChI=1S/C12H17NO/c1-10-5-3-4-6-12(10)13-7-8-14-11(2)9-13/h3-6,11H,7-9H2,1-2H3. The molecule has 2 nitrogen and oxygen atoms in total. The van der Waals surface area contributed by atoms with Gasteiger partial charge in [-0.3, -0.25) is 0 Å². The number of anilines is 1. The van der Waals surface area contributed by atoms with E-state index in [0.29, 0.717) is 6.10 Å². The zero-order chi connectivity index (χ0) is 9.97. The molecular weight excluding hydrogens is 174 g/mol. The topological polar surface area (TPSA) is 12.5 Å². The third-order valence-electron chi connectivity index (χ3n) is 2.70. The van der Waals surface area contributed by atoms with Crippen LogP contribution in [0.3, 0.4) is 0 Å². The van der Waals surface area contributed by atoms with Crippen LogP contribution in [0.15, 0.2) is 24.3 Å². The summed E-state index contributed by atoms with van der Waals surface area (Å²) in [5.74, 6) is 0. The predicted molar refractivity (Wildman–Crippen MR) is 58.8 cm³/mol. The first-order valence-corrected chi connectivity index (χ1v) is 5.19. The van der Waals surface area contributed by atoms with E-state index in [9.17, 15) is 0 Å². The van der Waals surface area contributed by atoms with Gasteiger partial charge in [0.05, 0.1) is 12.7 Å². The monoisotopic (exact) mass is 191 g/mol. The maximum Gasteiger partial charge on any atom is 0.0722 e. The Morgan fingerprint density at radius 1 is 1.36 bits per heavy atom. The van der Waals surface area contributed by atoms with Crippen molar-refractivity contribution < 1.29 is 4.74 Å². The molecule has 1 aliphatic heterocycles. The van der Waals surface area contributed by atoms with Crippen molar-refractivity contribution in [3.8, 4) is 0 Å². The molecule has 1 aromatic carbocycles. The van der Waals surface area contributed by atoms with Crippen LogP contribution >= 0.6 is 0 Å². The minimum absolute atomic E-state index is 0.350. The van der Waals surface area contributed by atoms with E-state index in [1.807, 2.05) is 0 Å². The van der Waals surface area contributed by atoms with Crippen LogP contribution in [0.4, 0.5) is 5.69 Å². The lowest BCUT2D eigenvalue weighted by Gasteiger charge is -2.33. The van der Waals surface area contributed by atoms with Gasteiger partial charge in [0.25, 0.3) is 0 Å². The van der Waals surface area contributed by atoms with E-state index in [1.165, 1.54) is 11.3 Å². The average molecular weight is 191 g/mol. The second-order valence-corrected chi connectivity index (χ2v) is 3.91. The molecule has 1 heterocycles. The van der Waals surface area contributed by atoms with Crippen LogP contribution in [0.25, 0.3) is 0 Å². The van der Waals surface area contributed by atoms with Crippen molar-refractivity contribution in [3.05, 3.63) is 29.8 Å². The van der Waals surface area contributed by atoms with Crippen molar-refractivity contribution in [1.29, 1.82) is 0 Å². The number of para-hydroxylation sites is 1. The minimum Gasteiger partial charge on any atom is -0.375 e. The van der Waals surface area contributed by atoms with Crippen LogP contribution in [0.1, 0.15) is 12.5 Å². The van der Waals surface area contributed by atoms with Crippen LogP contribution in [0.2, 0.25) is 0 Å². The number of ether oxygens (including phenoxy) is 1. The highest BCUT2D eigenvalue weighted by Crippen LogP contribution is 2.21. The molecule has 1 saturated heterocycles. The van der Waals surface area contributed by atoms with Gasteiger partial charge in [-0.15, -0.1) is 0 Å². The van der Waals surface area contributed by atoms with Crippen molar-refractivity contribution in [2.24, 2.45) is 0 Å². The van der Waals surface area contributed by atoms with Gasteiger partial charge in [0.2, 0.25) is 0 Å². The fourth-order valence-corrected chi connectivity index (χ4v) is 1.96. The number of aryl methyl sites for hydroxylation is 1. The molecule has 14 heavy (non-hydrogen) atoms. The van der Waals surface area contributed by atoms with E-state index in [0.717, 1.165) is 19.7 Å². The summed E-state index contributed by atoms with van der Waals surface area (Å²) in [5.41, 5.74) is 2.70. The van der Waals surface area contributed by atoms with E-state index >= 15 is 0 Å². The molecule has 1 fully saturated rings. The third kappa shape index (κ3) is 1.90. The van der Waals surface area contributed by atoms with Crippen LogP contribution in [0, 0.1) is 6.92 Å². The van der Waals surface area contributed by atoms with Crippen molar-refractivity contribution in [1.82, 2.24) is 0 Å². The Kier molecular flexibility index (Phi) is 2.73. The number of hydrogen-bond acceptors (Lipinski definition) is 2. The van der Waals surface area contributed by atoms with E-state index in [-0.39, 0.29) is 0 Å². The zero-order valence-electron chi connectivity index (χ0n) is 8.86. The lowest BCUT2D eigenvalue weighted by atomic mass is 10.1. The zero-order valence-corrected chi connectivity index (χ0v) is 8.86. The first-order chi connectivity index (χ1) is 6.77. The van der Waals surface area contributed by atoms with Gasteiger partial charge in [0, 0.05) is 18.8 Å². The van der Waals surface area contributed by atoms with Crippen molar-refractivity contribution in [2.75, 3.05) is 24.6 Å². The van der Waals surface area contributed by atoms with Crippen LogP contribution in [0.5, 0.6) is 0 Å². The van der Waals surface area contributed by atoms with Gasteiger partial charge >= 0.3 is 0 Å². The number of nitrogens with zero attached hydrogens (tertiary/aromatic N) is 1. The molecule has 0 spiro atoms. The Labute approximate surface area is 85.5 Å². The SMILES string of the molecule is Cc1ccccc1N1CCOC(C)C1. The highest BCUT2D eigenvalue weighted by atomic mass is 16.5. The van der Waals surface area contributed by atoms with E-state index in [1.54, 1.807) is 0 Å². The minimum atomic E-state index is 0.350. The summed E-state index contributed by atoms with van der Waals surface area (Å²) in [4.78, 5) is 2.41. The summed E-state index contributed by atoms with van der Waals surface area (Å²) in [6, 6.07) is 8.54. The van der Waals surface area contributed by atoms with Gasteiger partial charge in [-0.05, 0) is 25.5 Å². The molecule has 1 atom stereocenters. The molecule has 0 N–H and O–H groups in total. The fourth-order valence-electron chi connectivity index (χ4n) is 1.96. The second kappa shape index (κ2) is 4.01. The fraction of sp³-hybridized carbons (Fsp3) is 0.500. The molecule has 0 aliphatic carbocycles. The molecule has 2 rings (SSSR count). The number of morpholine rings is 1. The molecule has 1 aromatic rings. The highest BCUT2D eigenvalue weighted by molar-refractivity contribution is 5.53. The molecule has 1 unspecified atom stereocenters. The number of benzene rings is 1. The Balaban J connectivity index is 2.18. The number of rotatable bonds is 1.